The zero-order valence-electron chi connectivity index (χ0n) is 10.3. The molecule has 1 aromatic rings. The maximum absolute atomic E-state index is 12.3. The molecule has 0 bridgehead atoms. The number of carbonyl (C=O) groups is 1. The number of carbonyl (C=O) groups excluding carboxylic acids is 1. The van der Waals surface area contributed by atoms with E-state index in [9.17, 15) is 14.7 Å². The van der Waals surface area contributed by atoms with Gasteiger partial charge in [-0.05, 0) is 26.2 Å². The van der Waals surface area contributed by atoms with Gasteiger partial charge in [0, 0.05) is 30.9 Å². The number of nitrogens with zero attached hydrogens (tertiary/aromatic N) is 2. The summed E-state index contributed by atoms with van der Waals surface area (Å²) >= 11 is 0. The van der Waals surface area contributed by atoms with E-state index in [-0.39, 0.29) is 17.6 Å². The monoisotopic (exact) mass is 248 g/mol. The maximum atomic E-state index is 12.3. The van der Waals surface area contributed by atoms with Crippen LogP contribution >= 0.6 is 0 Å². The molecule has 3 rings (SSSR count). The number of hydrogen-bond acceptors (Lipinski definition) is 3. The summed E-state index contributed by atoms with van der Waals surface area (Å²) in [7, 11) is 0. The van der Waals surface area contributed by atoms with Crippen LogP contribution in [0.1, 0.15) is 35.3 Å². The van der Waals surface area contributed by atoms with Gasteiger partial charge in [0.05, 0.1) is 0 Å². The Bertz CT molecular complexity index is 576. The number of aromatic hydroxyl groups is 1. The molecule has 1 N–H and O–H groups in total. The van der Waals surface area contributed by atoms with E-state index in [2.05, 4.69) is 0 Å². The van der Waals surface area contributed by atoms with E-state index in [1.807, 2.05) is 0 Å². The molecular weight excluding hydrogens is 232 g/mol. The SMILES string of the molecule is Cc1cn2c(c(O)c1=O)C(=O)N1CCCC[C@H]1C2. The molecule has 1 aromatic heterocycles. The number of aromatic nitrogens is 1. The van der Waals surface area contributed by atoms with Gasteiger partial charge in [-0.1, -0.05) is 0 Å². The van der Waals surface area contributed by atoms with Crippen molar-refractivity contribution in [3.63, 3.8) is 0 Å². The Morgan fingerprint density at radius 3 is 2.89 bits per heavy atom. The smallest absolute Gasteiger partial charge is 0.274 e. The van der Waals surface area contributed by atoms with Gasteiger partial charge in [-0.3, -0.25) is 9.59 Å². The molecule has 1 atom stereocenters. The average molecular weight is 248 g/mol. The van der Waals surface area contributed by atoms with Crippen molar-refractivity contribution < 1.29 is 9.90 Å². The summed E-state index contributed by atoms with van der Waals surface area (Å²) in [5, 5.41) is 9.90. The van der Waals surface area contributed by atoms with Gasteiger partial charge in [0.15, 0.2) is 11.4 Å². The van der Waals surface area contributed by atoms with Gasteiger partial charge >= 0.3 is 0 Å². The first-order valence-electron chi connectivity index (χ1n) is 6.33. The highest BCUT2D eigenvalue weighted by atomic mass is 16.3. The summed E-state index contributed by atoms with van der Waals surface area (Å²) in [6, 6.07) is 0.208. The van der Waals surface area contributed by atoms with E-state index in [4.69, 9.17) is 0 Å². The quantitative estimate of drug-likeness (QED) is 0.741. The lowest BCUT2D eigenvalue weighted by Gasteiger charge is -2.40. The topological polar surface area (TPSA) is 62.5 Å². The van der Waals surface area contributed by atoms with Crippen molar-refractivity contribution in [3.05, 3.63) is 27.7 Å². The predicted octanol–water partition coefficient (Wildman–Crippen LogP) is 0.871. The number of rotatable bonds is 0. The molecule has 0 aliphatic carbocycles. The van der Waals surface area contributed by atoms with Crippen molar-refractivity contribution in [3.8, 4) is 5.75 Å². The molecule has 0 spiro atoms. The van der Waals surface area contributed by atoms with E-state index in [0.717, 1.165) is 25.8 Å². The third-order valence-corrected chi connectivity index (χ3v) is 3.93. The number of pyridine rings is 1. The molecule has 0 radical (unpaired) electrons. The summed E-state index contributed by atoms with van der Waals surface area (Å²) in [6.07, 6.45) is 4.81. The highest BCUT2D eigenvalue weighted by Crippen LogP contribution is 2.28. The van der Waals surface area contributed by atoms with Crippen LogP contribution in [0.15, 0.2) is 11.0 Å². The second-order valence-electron chi connectivity index (χ2n) is 5.14. The Morgan fingerprint density at radius 1 is 1.33 bits per heavy atom. The standard InChI is InChI=1S/C13H16N2O3/c1-8-6-14-7-9-4-2-3-5-15(9)13(18)10(14)12(17)11(8)16/h6,9,17H,2-5,7H2,1H3/t9-/m0/s1. The largest absolute Gasteiger partial charge is 0.503 e. The second kappa shape index (κ2) is 3.86. The van der Waals surface area contributed by atoms with Gasteiger partial charge in [-0.15, -0.1) is 0 Å². The van der Waals surface area contributed by atoms with Crippen LogP contribution in [-0.4, -0.2) is 33.1 Å². The summed E-state index contributed by atoms with van der Waals surface area (Å²) < 4.78 is 1.74. The molecular formula is C13H16N2O3. The first-order valence-corrected chi connectivity index (χ1v) is 6.33. The minimum atomic E-state index is -0.440. The molecule has 1 amide bonds. The van der Waals surface area contributed by atoms with Gasteiger partial charge < -0.3 is 14.6 Å². The van der Waals surface area contributed by atoms with Crippen LogP contribution in [0.25, 0.3) is 0 Å². The first kappa shape index (κ1) is 11.3. The lowest BCUT2D eigenvalue weighted by Crippen LogP contribution is -2.51. The Morgan fingerprint density at radius 2 is 2.11 bits per heavy atom. The molecule has 2 aliphatic rings. The Balaban J connectivity index is 2.16. The van der Waals surface area contributed by atoms with Crippen LogP contribution in [0.5, 0.6) is 5.75 Å². The van der Waals surface area contributed by atoms with Crippen LogP contribution < -0.4 is 5.43 Å². The number of fused-ring (bicyclic) bond motifs is 2. The molecule has 3 heterocycles. The van der Waals surface area contributed by atoms with Crippen molar-refractivity contribution >= 4 is 5.91 Å². The van der Waals surface area contributed by atoms with E-state index < -0.39 is 11.2 Å². The molecule has 2 aliphatic heterocycles. The molecule has 18 heavy (non-hydrogen) atoms. The summed E-state index contributed by atoms with van der Waals surface area (Å²) in [4.78, 5) is 25.9. The van der Waals surface area contributed by atoms with Crippen LogP contribution in [0, 0.1) is 6.92 Å². The normalized spacial score (nSPS) is 22.6. The van der Waals surface area contributed by atoms with Crippen molar-refractivity contribution in [2.75, 3.05) is 6.54 Å². The van der Waals surface area contributed by atoms with Crippen LogP contribution in [0.4, 0.5) is 0 Å². The first-order chi connectivity index (χ1) is 8.59. The number of hydrogen-bond donors (Lipinski definition) is 1. The zero-order valence-corrected chi connectivity index (χ0v) is 10.3. The fourth-order valence-corrected chi connectivity index (χ4v) is 2.98. The number of piperidine rings is 1. The van der Waals surface area contributed by atoms with E-state index >= 15 is 0 Å². The maximum Gasteiger partial charge on any atom is 0.274 e. The van der Waals surface area contributed by atoms with Crippen molar-refractivity contribution in [2.24, 2.45) is 0 Å². The van der Waals surface area contributed by atoms with Gasteiger partial charge in [-0.25, -0.2) is 0 Å². The Hall–Kier alpha value is -1.78. The summed E-state index contributed by atoms with van der Waals surface area (Å²) in [6.45, 7) is 3.06. The highest BCUT2D eigenvalue weighted by molar-refractivity contribution is 5.96. The van der Waals surface area contributed by atoms with E-state index in [0.29, 0.717) is 12.1 Å². The van der Waals surface area contributed by atoms with Crippen LogP contribution in [0.3, 0.4) is 0 Å². The predicted molar refractivity (Wildman–Crippen MR) is 65.8 cm³/mol. The number of aryl methyl sites for hydroxylation is 1. The molecule has 5 heteroatoms. The third kappa shape index (κ3) is 1.46. The molecule has 96 valence electrons. The van der Waals surface area contributed by atoms with E-state index in [1.165, 1.54) is 0 Å². The fraction of sp³-hybridized carbons (Fsp3) is 0.538. The lowest BCUT2D eigenvalue weighted by atomic mass is 9.98. The molecule has 0 saturated carbocycles. The molecule has 5 nitrogen and oxygen atoms in total. The molecule has 1 fully saturated rings. The van der Waals surface area contributed by atoms with Gasteiger partial charge in [0.25, 0.3) is 5.91 Å². The minimum absolute atomic E-state index is 0.156. The zero-order chi connectivity index (χ0) is 12.9. The van der Waals surface area contributed by atoms with Crippen molar-refractivity contribution in [2.45, 2.75) is 38.8 Å². The van der Waals surface area contributed by atoms with Crippen LogP contribution in [-0.2, 0) is 6.54 Å². The summed E-state index contributed by atoms with van der Waals surface area (Å²) in [5.41, 5.74) is 0.196. The van der Waals surface area contributed by atoms with Gasteiger partial charge in [-0.2, -0.15) is 0 Å². The lowest BCUT2D eigenvalue weighted by molar-refractivity contribution is 0.0506. The van der Waals surface area contributed by atoms with Crippen LogP contribution in [0.2, 0.25) is 0 Å². The van der Waals surface area contributed by atoms with Gasteiger partial charge in [0.2, 0.25) is 5.43 Å². The van der Waals surface area contributed by atoms with E-state index in [1.54, 1.807) is 22.6 Å². The van der Waals surface area contributed by atoms with Gasteiger partial charge in [0.1, 0.15) is 0 Å². The molecule has 0 unspecified atom stereocenters. The van der Waals surface area contributed by atoms with Crippen molar-refractivity contribution in [1.29, 1.82) is 0 Å². The second-order valence-corrected chi connectivity index (χ2v) is 5.14. The Kier molecular flexibility index (Phi) is 2.43. The Labute approximate surface area is 105 Å². The fourth-order valence-electron chi connectivity index (χ4n) is 2.98. The minimum Gasteiger partial charge on any atom is -0.503 e. The molecule has 0 aromatic carbocycles. The third-order valence-electron chi connectivity index (χ3n) is 3.93. The molecule has 1 saturated heterocycles. The number of amides is 1. The average Bonchev–Trinajstić information content (AvgIpc) is 2.36. The summed E-state index contributed by atoms with van der Waals surface area (Å²) in [5.74, 6) is -0.607. The van der Waals surface area contributed by atoms with Crippen molar-refractivity contribution in [1.82, 2.24) is 9.47 Å². The highest BCUT2D eigenvalue weighted by Gasteiger charge is 2.36.